The molecule has 3 rings (SSSR count). The van der Waals surface area contributed by atoms with Crippen molar-refractivity contribution >= 4 is 17.6 Å². The molecule has 0 bridgehead atoms. The minimum Gasteiger partial charge on any atom is -0.376 e. The molecule has 0 aliphatic carbocycles. The Morgan fingerprint density at radius 2 is 2.07 bits per heavy atom. The number of ether oxygens (including phenoxy) is 1. The van der Waals surface area contributed by atoms with Crippen LogP contribution in [0.2, 0.25) is 0 Å². The van der Waals surface area contributed by atoms with Crippen LogP contribution in [-0.2, 0) is 9.53 Å². The molecule has 3 heterocycles. The molecule has 8 nitrogen and oxygen atoms in total. The molecule has 0 aromatic carbocycles. The quantitative estimate of drug-likeness (QED) is 0.579. The summed E-state index contributed by atoms with van der Waals surface area (Å²) in [5, 5.41) is 0. The topological polar surface area (TPSA) is 81.2 Å². The van der Waals surface area contributed by atoms with Gasteiger partial charge in [-0.25, -0.2) is 0 Å². The Labute approximate surface area is 166 Å². The number of rotatable bonds is 6. The Balaban J connectivity index is 1.70. The van der Waals surface area contributed by atoms with Gasteiger partial charge in [0.15, 0.2) is 0 Å². The molecule has 2 aliphatic rings. The van der Waals surface area contributed by atoms with Gasteiger partial charge in [0, 0.05) is 45.4 Å². The molecular formula is C20H31N5O3. The number of amidine groups is 1. The van der Waals surface area contributed by atoms with E-state index in [1.807, 2.05) is 43.7 Å². The zero-order valence-corrected chi connectivity index (χ0v) is 17.2. The van der Waals surface area contributed by atoms with Crippen LogP contribution in [0.25, 0.3) is 0 Å². The van der Waals surface area contributed by atoms with Gasteiger partial charge in [0.05, 0.1) is 18.7 Å². The number of carbonyl (C=O) groups excluding carboxylic acids is 1. The van der Waals surface area contributed by atoms with E-state index in [1.54, 1.807) is 6.07 Å². The molecule has 28 heavy (non-hydrogen) atoms. The van der Waals surface area contributed by atoms with Crippen LogP contribution in [-0.4, -0.2) is 84.5 Å². The van der Waals surface area contributed by atoms with Crippen molar-refractivity contribution in [2.75, 3.05) is 44.7 Å². The molecule has 1 aromatic heterocycles. The number of hydrogen-bond acceptors (Lipinski definition) is 5. The number of hydrogen-bond donors (Lipinski definition) is 1. The van der Waals surface area contributed by atoms with Crippen LogP contribution in [0.1, 0.15) is 27.2 Å². The standard InChI is InChI=1S/C20H31N5O3/c1-14(2)21-20(23(4)12-16-8-11-28-16)15(3)25-10-9-24(13-19(25)27)17-6-5-7-18(26)22-17/h5-7,14-16H,8-13H2,1-4H3,(H,22,26)/t15-,16-/m0/s1. The Bertz CT molecular complexity index is 771. The smallest absolute Gasteiger partial charge is 0.249 e. The van der Waals surface area contributed by atoms with Crippen molar-refractivity contribution in [3.05, 3.63) is 28.6 Å². The Kier molecular flexibility index (Phi) is 6.39. The first-order chi connectivity index (χ1) is 13.3. The average molecular weight is 390 g/mol. The van der Waals surface area contributed by atoms with Crippen molar-refractivity contribution in [2.24, 2.45) is 4.99 Å². The number of aliphatic imine (C=N–C) groups is 1. The molecule has 0 spiro atoms. The number of H-pyrrole nitrogens is 1. The lowest BCUT2D eigenvalue weighted by Gasteiger charge is -2.41. The monoisotopic (exact) mass is 389 g/mol. The summed E-state index contributed by atoms with van der Waals surface area (Å²) in [6.45, 7) is 9.24. The van der Waals surface area contributed by atoms with E-state index < -0.39 is 0 Å². The van der Waals surface area contributed by atoms with E-state index in [4.69, 9.17) is 9.73 Å². The number of pyridine rings is 1. The third kappa shape index (κ3) is 4.73. The summed E-state index contributed by atoms with van der Waals surface area (Å²) in [5.74, 6) is 1.64. The molecule has 0 unspecified atom stereocenters. The van der Waals surface area contributed by atoms with Crippen LogP contribution >= 0.6 is 0 Å². The fourth-order valence-corrected chi connectivity index (χ4v) is 3.68. The SMILES string of the molecule is CC(C)N=C([C@H](C)N1CCN(c2cccc(=O)[nH]2)CC1=O)N(C)C[C@@H]1CCO1. The van der Waals surface area contributed by atoms with E-state index in [0.29, 0.717) is 18.9 Å². The highest BCUT2D eigenvalue weighted by Crippen LogP contribution is 2.18. The summed E-state index contributed by atoms with van der Waals surface area (Å²) in [5.41, 5.74) is -0.160. The highest BCUT2D eigenvalue weighted by atomic mass is 16.5. The molecule has 2 saturated heterocycles. The summed E-state index contributed by atoms with van der Waals surface area (Å²) in [6, 6.07) is 5.04. The molecule has 1 N–H and O–H groups in total. The van der Waals surface area contributed by atoms with Crippen molar-refractivity contribution in [1.82, 2.24) is 14.8 Å². The van der Waals surface area contributed by atoms with Gasteiger partial charge in [-0.2, -0.15) is 0 Å². The van der Waals surface area contributed by atoms with E-state index in [0.717, 1.165) is 25.4 Å². The number of piperazine rings is 1. The number of amides is 1. The van der Waals surface area contributed by atoms with E-state index in [2.05, 4.69) is 9.88 Å². The van der Waals surface area contributed by atoms with Crippen LogP contribution in [0.5, 0.6) is 0 Å². The highest BCUT2D eigenvalue weighted by Gasteiger charge is 2.32. The predicted octanol–water partition coefficient (Wildman–Crippen LogP) is 0.940. The van der Waals surface area contributed by atoms with Gasteiger partial charge in [-0.15, -0.1) is 0 Å². The number of nitrogens with zero attached hydrogens (tertiary/aromatic N) is 4. The highest BCUT2D eigenvalue weighted by molar-refractivity contribution is 5.93. The summed E-state index contributed by atoms with van der Waals surface area (Å²) in [4.78, 5) is 38.0. The number of carbonyl (C=O) groups is 1. The summed E-state index contributed by atoms with van der Waals surface area (Å²) in [6.07, 6.45) is 1.32. The molecule has 8 heteroatoms. The van der Waals surface area contributed by atoms with Crippen molar-refractivity contribution in [1.29, 1.82) is 0 Å². The minimum absolute atomic E-state index is 0.0354. The number of aromatic nitrogens is 1. The van der Waals surface area contributed by atoms with Crippen LogP contribution in [0.4, 0.5) is 5.82 Å². The van der Waals surface area contributed by atoms with Crippen molar-refractivity contribution < 1.29 is 9.53 Å². The van der Waals surface area contributed by atoms with Crippen LogP contribution in [0, 0.1) is 0 Å². The first kappa shape index (κ1) is 20.4. The number of likely N-dealkylation sites (N-methyl/N-ethyl adjacent to an activating group) is 1. The second-order valence-corrected chi connectivity index (χ2v) is 7.83. The first-order valence-corrected chi connectivity index (χ1v) is 9.99. The van der Waals surface area contributed by atoms with E-state index >= 15 is 0 Å². The number of nitrogens with one attached hydrogen (secondary N) is 1. The van der Waals surface area contributed by atoms with Gasteiger partial charge >= 0.3 is 0 Å². The molecule has 154 valence electrons. The van der Waals surface area contributed by atoms with Crippen LogP contribution < -0.4 is 10.5 Å². The molecule has 2 fully saturated rings. The average Bonchev–Trinajstić information content (AvgIpc) is 2.61. The molecule has 2 aliphatic heterocycles. The largest absolute Gasteiger partial charge is 0.376 e. The molecule has 2 atom stereocenters. The Hall–Kier alpha value is -2.35. The van der Waals surface area contributed by atoms with Gasteiger partial charge in [-0.3, -0.25) is 14.6 Å². The number of aromatic amines is 1. The number of anilines is 1. The van der Waals surface area contributed by atoms with Crippen LogP contribution in [0.15, 0.2) is 28.0 Å². The maximum Gasteiger partial charge on any atom is 0.249 e. The summed E-state index contributed by atoms with van der Waals surface area (Å²) >= 11 is 0. The normalized spacial score (nSPS) is 21.7. The third-order valence-corrected chi connectivity index (χ3v) is 5.24. The molecule has 1 amide bonds. The van der Waals surface area contributed by atoms with Gasteiger partial charge in [-0.05, 0) is 33.3 Å². The van der Waals surface area contributed by atoms with E-state index in [1.165, 1.54) is 6.07 Å². The fraction of sp³-hybridized carbons (Fsp3) is 0.650. The molecule has 0 saturated carbocycles. The minimum atomic E-state index is -0.160. The Morgan fingerprint density at radius 3 is 2.64 bits per heavy atom. The summed E-state index contributed by atoms with van der Waals surface area (Å²) < 4.78 is 5.56. The van der Waals surface area contributed by atoms with E-state index in [9.17, 15) is 9.59 Å². The van der Waals surface area contributed by atoms with Gasteiger partial charge in [-0.1, -0.05) is 6.07 Å². The maximum atomic E-state index is 12.9. The summed E-state index contributed by atoms with van der Waals surface area (Å²) in [7, 11) is 2.02. The predicted molar refractivity (Wildman–Crippen MR) is 110 cm³/mol. The van der Waals surface area contributed by atoms with Gasteiger partial charge in [0.1, 0.15) is 11.7 Å². The zero-order chi connectivity index (χ0) is 20.3. The van der Waals surface area contributed by atoms with Crippen molar-refractivity contribution in [2.45, 2.75) is 45.4 Å². The lowest BCUT2D eigenvalue weighted by Crippen LogP contribution is -2.58. The van der Waals surface area contributed by atoms with Crippen molar-refractivity contribution in [3.8, 4) is 0 Å². The molecule has 1 aromatic rings. The van der Waals surface area contributed by atoms with Crippen LogP contribution in [0.3, 0.4) is 0 Å². The third-order valence-electron chi connectivity index (χ3n) is 5.24. The first-order valence-electron chi connectivity index (χ1n) is 9.99. The second-order valence-electron chi connectivity index (χ2n) is 7.83. The zero-order valence-electron chi connectivity index (χ0n) is 17.2. The Morgan fingerprint density at radius 1 is 1.32 bits per heavy atom. The lowest BCUT2D eigenvalue weighted by molar-refractivity contribution is -0.132. The van der Waals surface area contributed by atoms with Gasteiger partial charge in [0.25, 0.3) is 0 Å². The van der Waals surface area contributed by atoms with Gasteiger partial charge < -0.3 is 24.4 Å². The van der Waals surface area contributed by atoms with Crippen molar-refractivity contribution in [3.63, 3.8) is 0 Å². The fourth-order valence-electron chi connectivity index (χ4n) is 3.68. The second kappa shape index (κ2) is 8.77. The van der Waals surface area contributed by atoms with E-state index in [-0.39, 0.29) is 36.2 Å². The molecular weight excluding hydrogens is 358 g/mol. The maximum absolute atomic E-state index is 12.9. The van der Waals surface area contributed by atoms with Gasteiger partial charge in [0.2, 0.25) is 11.5 Å². The molecule has 0 radical (unpaired) electrons. The lowest BCUT2D eigenvalue weighted by atomic mass is 10.1.